The number of morpholine rings is 1. The molecule has 0 aromatic heterocycles. The minimum atomic E-state index is 0. The molecule has 4 nitrogen and oxygen atoms in total. The molecule has 3 fully saturated rings. The summed E-state index contributed by atoms with van der Waals surface area (Å²) in [5, 5.41) is 3.52. The van der Waals surface area contributed by atoms with E-state index in [1.807, 2.05) is 0 Å². The number of piperidine rings is 1. The number of ether oxygens (including phenoxy) is 1. The first-order valence-corrected chi connectivity index (χ1v) is 8.43. The van der Waals surface area contributed by atoms with Gasteiger partial charge in [0.1, 0.15) is 0 Å². The van der Waals surface area contributed by atoms with Crippen LogP contribution in [0.4, 0.5) is 0 Å². The fraction of sp³-hybridized carbons (Fsp3) is 1.00. The first-order valence-electron chi connectivity index (χ1n) is 8.43. The highest BCUT2D eigenvalue weighted by molar-refractivity contribution is 5.85. The summed E-state index contributed by atoms with van der Waals surface area (Å²) < 4.78 is 5.66. The van der Waals surface area contributed by atoms with Crippen molar-refractivity contribution in [3.63, 3.8) is 0 Å². The third kappa shape index (κ3) is 4.55. The van der Waals surface area contributed by atoms with Crippen molar-refractivity contribution in [2.45, 2.75) is 45.3 Å². The summed E-state index contributed by atoms with van der Waals surface area (Å²) in [6.45, 7) is 14.1. The summed E-state index contributed by atoms with van der Waals surface area (Å²) in [7, 11) is 0. The summed E-state index contributed by atoms with van der Waals surface area (Å²) in [4.78, 5) is 5.37. The van der Waals surface area contributed by atoms with E-state index >= 15 is 0 Å². The predicted octanol–water partition coefficient (Wildman–Crippen LogP) is 1.59. The van der Waals surface area contributed by atoms with Crippen LogP contribution in [-0.2, 0) is 4.74 Å². The Morgan fingerprint density at radius 3 is 2.62 bits per heavy atom. The zero-order valence-corrected chi connectivity index (χ0v) is 14.5. The lowest BCUT2D eigenvalue weighted by atomic mass is 9.88. The second kappa shape index (κ2) is 7.60. The fourth-order valence-corrected chi connectivity index (χ4v) is 4.16. The number of likely N-dealkylation sites (tertiary alicyclic amines) is 1. The van der Waals surface area contributed by atoms with Crippen LogP contribution in [0.3, 0.4) is 0 Å². The van der Waals surface area contributed by atoms with Gasteiger partial charge in [0.2, 0.25) is 0 Å². The predicted molar refractivity (Wildman–Crippen MR) is 89.3 cm³/mol. The average Bonchev–Trinajstić information content (AvgIpc) is 2.86. The van der Waals surface area contributed by atoms with Gasteiger partial charge in [-0.3, -0.25) is 4.90 Å². The Hall–Kier alpha value is 0.130. The maximum Gasteiger partial charge on any atom is 0.0674 e. The minimum absolute atomic E-state index is 0. The van der Waals surface area contributed by atoms with Crippen molar-refractivity contribution < 1.29 is 4.74 Å². The van der Waals surface area contributed by atoms with Crippen LogP contribution < -0.4 is 5.32 Å². The van der Waals surface area contributed by atoms with Crippen LogP contribution in [0.25, 0.3) is 0 Å². The summed E-state index contributed by atoms with van der Waals surface area (Å²) >= 11 is 0. The van der Waals surface area contributed by atoms with Gasteiger partial charge >= 0.3 is 0 Å². The van der Waals surface area contributed by atoms with Gasteiger partial charge < -0.3 is 15.0 Å². The van der Waals surface area contributed by atoms with E-state index in [-0.39, 0.29) is 12.4 Å². The Bertz CT molecular complexity index is 315. The smallest absolute Gasteiger partial charge is 0.0674 e. The molecule has 0 aliphatic carbocycles. The van der Waals surface area contributed by atoms with Crippen LogP contribution in [0, 0.1) is 5.41 Å². The molecule has 0 amide bonds. The summed E-state index contributed by atoms with van der Waals surface area (Å²) in [5.74, 6) is 0. The Labute approximate surface area is 136 Å². The number of hydrogen-bond acceptors (Lipinski definition) is 4. The average molecular weight is 318 g/mol. The molecule has 1 N–H and O–H groups in total. The molecule has 0 aromatic rings. The van der Waals surface area contributed by atoms with E-state index in [0.717, 1.165) is 25.7 Å². The molecule has 3 aliphatic rings. The first kappa shape index (κ1) is 17.5. The Morgan fingerprint density at radius 1 is 1.24 bits per heavy atom. The summed E-state index contributed by atoms with van der Waals surface area (Å²) in [6.07, 6.45) is 4.45. The number of nitrogens with one attached hydrogen (secondary N) is 1. The van der Waals surface area contributed by atoms with Crippen molar-refractivity contribution in [2.24, 2.45) is 5.41 Å². The van der Waals surface area contributed by atoms with E-state index in [1.54, 1.807) is 0 Å². The third-order valence-corrected chi connectivity index (χ3v) is 5.41. The van der Waals surface area contributed by atoms with Crippen LogP contribution >= 0.6 is 12.4 Å². The molecule has 0 aromatic carbocycles. The van der Waals surface area contributed by atoms with Crippen molar-refractivity contribution in [1.82, 2.24) is 15.1 Å². The molecule has 3 saturated heterocycles. The van der Waals surface area contributed by atoms with Gasteiger partial charge in [-0.1, -0.05) is 6.92 Å². The molecule has 0 bridgehead atoms. The zero-order chi connectivity index (χ0) is 14.0. The second-order valence-electron chi connectivity index (χ2n) is 7.42. The third-order valence-electron chi connectivity index (χ3n) is 5.41. The summed E-state index contributed by atoms with van der Waals surface area (Å²) in [5.41, 5.74) is 0.514. The number of rotatable bonds is 3. The van der Waals surface area contributed by atoms with Crippen molar-refractivity contribution in [1.29, 1.82) is 0 Å². The normalized spacial score (nSPS) is 36.6. The standard InChI is InChI=1S/C16H31N3O.ClH/c1-14-11-19(9-10-20-14)15-3-7-18(8-4-15)13-16(2)5-6-17-12-16;/h14-15,17H,3-13H2,1-2H3;1H. The largest absolute Gasteiger partial charge is 0.376 e. The molecule has 124 valence electrons. The Morgan fingerprint density at radius 2 is 2.00 bits per heavy atom. The van der Waals surface area contributed by atoms with Gasteiger partial charge in [-0.25, -0.2) is 0 Å². The highest BCUT2D eigenvalue weighted by Crippen LogP contribution is 2.28. The van der Waals surface area contributed by atoms with Gasteiger partial charge in [-0.15, -0.1) is 12.4 Å². The van der Waals surface area contributed by atoms with E-state index in [1.165, 1.54) is 52.0 Å². The molecule has 0 spiro atoms. The van der Waals surface area contributed by atoms with Crippen LogP contribution in [0.15, 0.2) is 0 Å². The van der Waals surface area contributed by atoms with Crippen molar-refractivity contribution >= 4 is 12.4 Å². The Balaban J connectivity index is 0.00000161. The second-order valence-corrected chi connectivity index (χ2v) is 7.42. The topological polar surface area (TPSA) is 27.7 Å². The molecule has 3 heterocycles. The van der Waals surface area contributed by atoms with Crippen LogP contribution in [0.2, 0.25) is 0 Å². The fourth-order valence-electron chi connectivity index (χ4n) is 4.16. The van der Waals surface area contributed by atoms with E-state index < -0.39 is 0 Å². The lowest BCUT2D eigenvalue weighted by molar-refractivity contribution is -0.0446. The van der Waals surface area contributed by atoms with Crippen molar-refractivity contribution in [2.75, 3.05) is 52.4 Å². The van der Waals surface area contributed by atoms with Crippen LogP contribution in [0.5, 0.6) is 0 Å². The first-order chi connectivity index (χ1) is 9.65. The number of nitrogens with zero attached hydrogens (tertiary/aromatic N) is 2. The maximum atomic E-state index is 5.66. The molecule has 0 saturated carbocycles. The minimum Gasteiger partial charge on any atom is -0.376 e. The molecule has 21 heavy (non-hydrogen) atoms. The molecular formula is C16H32ClN3O. The van der Waals surface area contributed by atoms with E-state index in [2.05, 4.69) is 29.0 Å². The quantitative estimate of drug-likeness (QED) is 0.855. The van der Waals surface area contributed by atoms with E-state index in [9.17, 15) is 0 Å². The molecule has 2 unspecified atom stereocenters. The maximum absolute atomic E-state index is 5.66. The SMILES string of the molecule is CC1CN(C2CCN(CC3(C)CCNC3)CC2)CCO1.Cl. The number of halogens is 1. The van der Waals surface area contributed by atoms with Crippen molar-refractivity contribution in [3.05, 3.63) is 0 Å². The van der Waals surface area contributed by atoms with Crippen molar-refractivity contribution in [3.8, 4) is 0 Å². The van der Waals surface area contributed by atoms with Gasteiger partial charge in [0.15, 0.2) is 0 Å². The van der Waals surface area contributed by atoms with Crippen LogP contribution in [0.1, 0.15) is 33.1 Å². The molecule has 3 rings (SSSR count). The van der Waals surface area contributed by atoms with E-state index in [4.69, 9.17) is 4.74 Å². The van der Waals surface area contributed by atoms with Gasteiger partial charge in [0.25, 0.3) is 0 Å². The molecular weight excluding hydrogens is 286 g/mol. The lowest BCUT2D eigenvalue weighted by Gasteiger charge is -2.43. The van der Waals surface area contributed by atoms with Crippen LogP contribution in [-0.4, -0.2) is 74.4 Å². The summed E-state index contributed by atoms with van der Waals surface area (Å²) in [6, 6.07) is 0.798. The monoisotopic (exact) mass is 317 g/mol. The zero-order valence-electron chi connectivity index (χ0n) is 13.6. The van der Waals surface area contributed by atoms with E-state index in [0.29, 0.717) is 11.5 Å². The van der Waals surface area contributed by atoms with Gasteiger partial charge in [0, 0.05) is 32.2 Å². The van der Waals surface area contributed by atoms with Gasteiger partial charge in [0.05, 0.1) is 12.7 Å². The molecule has 3 aliphatic heterocycles. The van der Waals surface area contributed by atoms with Gasteiger partial charge in [-0.2, -0.15) is 0 Å². The van der Waals surface area contributed by atoms with Gasteiger partial charge in [-0.05, 0) is 51.2 Å². The highest BCUT2D eigenvalue weighted by atomic mass is 35.5. The Kier molecular flexibility index (Phi) is 6.33. The highest BCUT2D eigenvalue weighted by Gasteiger charge is 2.33. The molecule has 0 radical (unpaired) electrons. The lowest BCUT2D eigenvalue weighted by Crippen LogP contribution is -2.52. The molecule has 5 heteroatoms. The number of hydrogen-bond donors (Lipinski definition) is 1. The molecule has 2 atom stereocenters.